The monoisotopic (exact) mass is 270 g/mol. The van der Waals surface area contributed by atoms with Crippen molar-refractivity contribution in [2.75, 3.05) is 26.3 Å². The van der Waals surface area contributed by atoms with Gasteiger partial charge in [-0.3, -0.25) is 4.79 Å². The van der Waals surface area contributed by atoms with E-state index in [1.807, 2.05) is 0 Å². The van der Waals surface area contributed by atoms with Crippen molar-refractivity contribution in [2.45, 2.75) is 50.7 Å². The lowest BCUT2D eigenvalue weighted by Gasteiger charge is -2.32. The van der Waals surface area contributed by atoms with Crippen LogP contribution in [0.2, 0.25) is 0 Å². The second-order valence-corrected chi connectivity index (χ2v) is 5.79. The molecule has 2 atom stereocenters. The van der Waals surface area contributed by atoms with E-state index in [2.05, 4.69) is 0 Å². The molecule has 0 aromatic carbocycles. The standard InChI is InChI=1S/C14H26N2O3/c15-12(10-11-4-2-1-3-5-11)13(17)14(18)16-6-8-19-9-7-16/h11-13,17H,1-10,15H2/t12-,13?/m0/s1. The Balaban J connectivity index is 1.79. The number of amides is 1. The molecule has 1 aliphatic carbocycles. The van der Waals surface area contributed by atoms with E-state index in [9.17, 15) is 9.90 Å². The Bertz CT molecular complexity index is 286. The molecule has 2 rings (SSSR count). The Morgan fingerprint density at radius 1 is 1.26 bits per heavy atom. The predicted molar refractivity (Wildman–Crippen MR) is 72.6 cm³/mol. The van der Waals surface area contributed by atoms with Crippen molar-refractivity contribution in [3.8, 4) is 0 Å². The molecular weight excluding hydrogens is 244 g/mol. The van der Waals surface area contributed by atoms with Crippen molar-refractivity contribution in [3.05, 3.63) is 0 Å². The van der Waals surface area contributed by atoms with Gasteiger partial charge in [0.2, 0.25) is 0 Å². The van der Waals surface area contributed by atoms with E-state index in [0.717, 1.165) is 6.42 Å². The molecule has 1 heterocycles. The summed E-state index contributed by atoms with van der Waals surface area (Å²) in [4.78, 5) is 13.8. The Morgan fingerprint density at radius 3 is 2.53 bits per heavy atom. The van der Waals surface area contributed by atoms with Gasteiger partial charge in [-0.2, -0.15) is 0 Å². The van der Waals surface area contributed by atoms with E-state index >= 15 is 0 Å². The summed E-state index contributed by atoms with van der Waals surface area (Å²) < 4.78 is 5.20. The van der Waals surface area contributed by atoms with E-state index in [-0.39, 0.29) is 5.91 Å². The number of carbonyl (C=O) groups is 1. The smallest absolute Gasteiger partial charge is 0.253 e. The van der Waals surface area contributed by atoms with Gasteiger partial charge >= 0.3 is 0 Å². The molecule has 1 aliphatic heterocycles. The molecular formula is C14H26N2O3. The predicted octanol–water partition coefficient (Wildman–Crippen LogP) is 0.504. The molecule has 110 valence electrons. The summed E-state index contributed by atoms with van der Waals surface area (Å²) in [5.74, 6) is 0.350. The van der Waals surface area contributed by atoms with Crippen LogP contribution in [-0.4, -0.2) is 54.4 Å². The van der Waals surface area contributed by atoms with Crippen LogP contribution in [0.15, 0.2) is 0 Å². The van der Waals surface area contributed by atoms with Gasteiger partial charge in [-0.05, 0) is 12.3 Å². The average molecular weight is 270 g/mol. The van der Waals surface area contributed by atoms with Crippen LogP contribution in [0.3, 0.4) is 0 Å². The molecule has 0 aromatic heterocycles. The van der Waals surface area contributed by atoms with Crippen molar-refractivity contribution < 1.29 is 14.6 Å². The number of ether oxygens (including phenoxy) is 1. The number of aliphatic hydroxyl groups is 1. The molecule has 0 bridgehead atoms. The van der Waals surface area contributed by atoms with Crippen molar-refractivity contribution >= 4 is 5.91 Å². The molecule has 1 unspecified atom stereocenters. The maximum atomic E-state index is 12.1. The van der Waals surface area contributed by atoms with E-state index in [1.54, 1.807) is 4.90 Å². The van der Waals surface area contributed by atoms with E-state index in [4.69, 9.17) is 10.5 Å². The van der Waals surface area contributed by atoms with Crippen LogP contribution >= 0.6 is 0 Å². The van der Waals surface area contributed by atoms with Crippen LogP contribution in [0.5, 0.6) is 0 Å². The van der Waals surface area contributed by atoms with Crippen LogP contribution in [0.4, 0.5) is 0 Å². The van der Waals surface area contributed by atoms with Gasteiger partial charge in [0.05, 0.1) is 13.2 Å². The first-order valence-corrected chi connectivity index (χ1v) is 7.48. The van der Waals surface area contributed by atoms with Crippen molar-refractivity contribution in [2.24, 2.45) is 11.7 Å². The molecule has 1 saturated carbocycles. The normalized spacial score (nSPS) is 25.1. The Hall–Kier alpha value is -0.650. The third kappa shape index (κ3) is 4.16. The van der Waals surface area contributed by atoms with Gasteiger partial charge in [-0.1, -0.05) is 32.1 Å². The van der Waals surface area contributed by atoms with Gasteiger partial charge in [0.15, 0.2) is 0 Å². The quantitative estimate of drug-likeness (QED) is 0.780. The second-order valence-electron chi connectivity index (χ2n) is 5.79. The molecule has 2 aliphatic rings. The van der Waals surface area contributed by atoms with Gasteiger partial charge < -0.3 is 20.5 Å². The Kier molecular flexibility index (Phi) is 5.60. The summed E-state index contributed by atoms with van der Waals surface area (Å²) >= 11 is 0. The third-order valence-corrected chi connectivity index (χ3v) is 4.31. The molecule has 2 fully saturated rings. The fourth-order valence-corrected chi connectivity index (χ4v) is 3.09. The second kappa shape index (κ2) is 7.22. The lowest BCUT2D eigenvalue weighted by molar-refractivity contribution is -0.145. The highest BCUT2D eigenvalue weighted by Crippen LogP contribution is 2.27. The van der Waals surface area contributed by atoms with Crippen LogP contribution in [0.25, 0.3) is 0 Å². The number of hydrogen-bond donors (Lipinski definition) is 2. The summed E-state index contributed by atoms with van der Waals surface area (Å²) in [5, 5.41) is 10.1. The molecule has 0 spiro atoms. The first-order valence-electron chi connectivity index (χ1n) is 7.48. The van der Waals surface area contributed by atoms with Crippen molar-refractivity contribution in [1.82, 2.24) is 4.90 Å². The lowest BCUT2D eigenvalue weighted by atomic mass is 9.84. The number of hydrogen-bond acceptors (Lipinski definition) is 4. The zero-order chi connectivity index (χ0) is 13.7. The molecule has 3 N–H and O–H groups in total. The molecule has 1 saturated heterocycles. The Labute approximate surface area is 115 Å². The highest BCUT2D eigenvalue weighted by atomic mass is 16.5. The zero-order valence-electron chi connectivity index (χ0n) is 11.6. The topological polar surface area (TPSA) is 75.8 Å². The minimum Gasteiger partial charge on any atom is -0.382 e. The number of nitrogens with two attached hydrogens (primary N) is 1. The van der Waals surface area contributed by atoms with Crippen LogP contribution in [-0.2, 0) is 9.53 Å². The largest absolute Gasteiger partial charge is 0.382 e. The Morgan fingerprint density at radius 2 is 1.89 bits per heavy atom. The fourth-order valence-electron chi connectivity index (χ4n) is 3.09. The third-order valence-electron chi connectivity index (χ3n) is 4.31. The fraction of sp³-hybridized carbons (Fsp3) is 0.929. The zero-order valence-corrected chi connectivity index (χ0v) is 11.6. The number of carbonyl (C=O) groups excluding carboxylic acids is 1. The van der Waals surface area contributed by atoms with Crippen LogP contribution in [0.1, 0.15) is 38.5 Å². The molecule has 5 heteroatoms. The molecule has 0 radical (unpaired) electrons. The number of nitrogens with zero attached hydrogens (tertiary/aromatic N) is 1. The highest BCUT2D eigenvalue weighted by molar-refractivity contribution is 5.81. The first kappa shape index (κ1) is 14.8. The molecule has 19 heavy (non-hydrogen) atoms. The van der Waals surface area contributed by atoms with E-state index in [1.165, 1.54) is 32.1 Å². The number of morpholine rings is 1. The average Bonchev–Trinajstić information content (AvgIpc) is 2.47. The summed E-state index contributed by atoms with van der Waals surface area (Å²) in [6.07, 6.45) is 5.90. The lowest BCUT2D eigenvalue weighted by Crippen LogP contribution is -2.52. The van der Waals surface area contributed by atoms with Gasteiger partial charge in [-0.25, -0.2) is 0 Å². The van der Waals surface area contributed by atoms with Crippen LogP contribution < -0.4 is 5.73 Å². The summed E-state index contributed by atoms with van der Waals surface area (Å²) in [5.41, 5.74) is 6.03. The number of aliphatic hydroxyl groups excluding tert-OH is 1. The number of rotatable bonds is 4. The van der Waals surface area contributed by atoms with Crippen molar-refractivity contribution in [3.63, 3.8) is 0 Å². The molecule has 5 nitrogen and oxygen atoms in total. The highest BCUT2D eigenvalue weighted by Gasteiger charge is 2.30. The SMILES string of the molecule is N[C@@H](CC1CCCCC1)C(O)C(=O)N1CCOCC1. The molecule has 0 aromatic rings. The minimum absolute atomic E-state index is 0.230. The molecule has 1 amide bonds. The van der Waals surface area contributed by atoms with Gasteiger partial charge in [-0.15, -0.1) is 0 Å². The van der Waals surface area contributed by atoms with Gasteiger partial charge in [0, 0.05) is 19.1 Å². The summed E-state index contributed by atoms with van der Waals surface area (Å²) in [6.45, 7) is 2.23. The van der Waals surface area contributed by atoms with Crippen LogP contribution in [0, 0.1) is 5.92 Å². The maximum absolute atomic E-state index is 12.1. The van der Waals surface area contributed by atoms with Crippen molar-refractivity contribution in [1.29, 1.82) is 0 Å². The first-order chi connectivity index (χ1) is 9.18. The summed E-state index contributed by atoms with van der Waals surface area (Å²) in [6, 6.07) is -0.432. The van der Waals surface area contributed by atoms with Gasteiger partial charge in [0.25, 0.3) is 5.91 Å². The van der Waals surface area contributed by atoms with Gasteiger partial charge in [0.1, 0.15) is 6.10 Å². The summed E-state index contributed by atoms with van der Waals surface area (Å²) in [7, 11) is 0. The van der Waals surface area contributed by atoms with E-state index in [0.29, 0.717) is 32.2 Å². The minimum atomic E-state index is -1.06. The van der Waals surface area contributed by atoms with E-state index < -0.39 is 12.1 Å². The maximum Gasteiger partial charge on any atom is 0.253 e.